The molecule has 0 aliphatic heterocycles. The van der Waals surface area contributed by atoms with E-state index in [-0.39, 0.29) is 0 Å². The second kappa shape index (κ2) is 4.05. The van der Waals surface area contributed by atoms with Crippen LogP contribution in [-0.2, 0) is 0 Å². The normalized spacial score (nSPS) is 9.93. The molecule has 0 amide bonds. The Kier molecular flexibility index (Phi) is 2.59. The molecule has 0 N–H and O–H groups in total. The number of nitrogens with zero attached hydrogens (tertiary/aromatic N) is 1. The zero-order valence-corrected chi connectivity index (χ0v) is 8.47. The van der Waals surface area contributed by atoms with Crippen LogP contribution >= 0.6 is 0 Å². The minimum Gasteiger partial charge on any atom is -0.296 e. The number of hydrogen-bond donors (Lipinski definition) is 0. The van der Waals surface area contributed by atoms with Crippen molar-refractivity contribution in [3.63, 3.8) is 0 Å². The van der Waals surface area contributed by atoms with Crippen molar-refractivity contribution in [1.29, 1.82) is 0 Å². The molecule has 0 unspecified atom stereocenters. The lowest BCUT2D eigenvalue weighted by Gasteiger charge is -2.03. The molecule has 2 aromatic rings. The van der Waals surface area contributed by atoms with Gasteiger partial charge in [-0.3, -0.25) is 4.79 Å². The van der Waals surface area contributed by atoms with Gasteiger partial charge in [0.1, 0.15) is 5.69 Å². The van der Waals surface area contributed by atoms with Crippen molar-refractivity contribution in [2.45, 2.75) is 6.92 Å². The van der Waals surface area contributed by atoms with Gasteiger partial charge in [-0.1, -0.05) is 36.4 Å². The number of carbonyl (C=O) groups is 1. The highest BCUT2D eigenvalue weighted by molar-refractivity contribution is 5.76. The van der Waals surface area contributed by atoms with E-state index in [9.17, 15) is 4.79 Å². The Labute approximate surface area is 88.6 Å². The molecule has 0 saturated heterocycles. The van der Waals surface area contributed by atoms with Crippen LogP contribution in [0.4, 0.5) is 0 Å². The molecule has 15 heavy (non-hydrogen) atoms. The van der Waals surface area contributed by atoms with Crippen molar-refractivity contribution in [3.8, 4) is 11.3 Å². The van der Waals surface area contributed by atoms with Gasteiger partial charge >= 0.3 is 0 Å². The molecule has 0 aliphatic rings. The van der Waals surface area contributed by atoms with E-state index in [2.05, 4.69) is 4.98 Å². The standard InChI is InChI=1S/C13H11NO/c1-10-7-8-12(14-13(10)9-15)11-5-3-2-4-6-11/h2-9H,1H3. The van der Waals surface area contributed by atoms with E-state index in [1.165, 1.54) is 0 Å². The molecule has 1 heterocycles. The maximum absolute atomic E-state index is 10.7. The fourth-order valence-corrected chi connectivity index (χ4v) is 1.43. The molecule has 0 aliphatic carbocycles. The maximum atomic E-state index is 10.7. The second-order valence-electron chi connectivity index (χ2n) is 3.38. The largest absolute Gasteiger partial charge is 0.296 e. The van der Waals surface area contributed by atoms with Gasteiger partial charge in [-0.05, 0) is 18.6 Å². The predicted molar refractivity (Wildman–Crippen MR) is 59.8 cm³/mol. The molecular formula is C13H11NO. The van der Waals surface area contributed by atoms with E-state index < -0.39 is 0 Å². The van der Waals surface area contributed by atoms with E-state index in [1.54, 1.807) is 0 Å². The van der Waals surface area contributed by atoms with Gasteiger partial charge in [-0.2, -0.15) is 0 Å². The first-order valence-electron chi connectivity index (χ1n) is 4.79. The first-order valence-corrected chi connectivity index (χ1v) is 4.79. The predicted octanol–water partition coefficient (Wildman–Crippen LogP) is 2.87. The summed E-state index contributed by atoms with van der Waals surface area (Å²) in [5.74, 6) is 0. The Balaban J connectivity index is 2.51. The van der Waals surface area contributed by atoms with Crippen LogP contribution in [-0.4, -0.2) is 11.3 Å². The lowest BCUT2D eigenvalue weighted by molar-refractivity contribution is 0.111. The number of pyridine rings is 1. The van der Waals surface area contributed by atoms with Crippen LogP contribution < -0.4 is 0 Å². The number of aromatic nitrogens is 1. The van der Waals surface area contributed by atoms with Crippen LogP contribution in [0.15, 0.2) is 42.5 Å². The summed E-state index contributed by atoms with van der Waals surface area (Å²) in [6.45, 7) is 1.88. The molecule has 2 heteroatoms. The third-order valence-corrected chi connectivity index (χ3v) is 2.32. The zero-order chi connectivity index (χ0) is 10.7. The fourth-order valence-electron chi connectivity index (χ4n) is 1.43. The lowest BCUT2D eigenvalue weighted by Crippen LogP contribution is -1.93. The minimum absolute atomic E-state index is 0.511. The molecule has 74 valence electrons. The monoisotopic (exact) mass is 197 g/mol. The van der Waals surface area contributed by atoms with Crippen molar-refractivity contribution in [3.05, 3.63) is 53.7 Å². The fraction of sp³-hybridized carbons (Fsp3) is 0.0769. The van der Waals surface area contributed by atoms with Crippen LogP contribution in [0.5, 0.6) is 0 Å². The SMILES string of the molecule is Cc1ccc(-c2ccccc2)nc1C=O. The Morgan fingerprint density at radius 1 is 1.07 bits per heavy atom. The first-order chi connectivity index (χ1) is 7.31. The van der Waals surface area contributed by atoms with E-state index >= 15 is 0 Å². The van der Waals surface area contributed by atoms with Gasteiger partial charge in [0, 0.05) is 5.56 Å². The number of benzene rings is 1. The minimum atomic E-state index is 0.511. The highest BCUT2D eigenvalue weighted by atomic mass is 16.1. The Hall–Kier alpha value is -1.96. The number of aryl methyl sites for hydroxylation is 1. The molecule has 0 fully saturated rings. The maximum Gasteiger partial charge on any atom is 0.168 e. The third-order valence-electron chi connectivity index (χ3n) is 2.32. The van der Waals surface area contributed by atoms with Crippen molar-refractivity contribution >= 4 is 6.29 Å². The average Bonchev–Trinajstić information content (AvgIpc) is 2.31. The highest BCUT2D eigenvalue weighted by Crippen LogP contribution is 2.17. The lowest BCUT2D eigenvalue weighted by atomic mass is 10.1. The third kappa shape index (κ3) is 1.94. The summed E-state index contributed by atoms with van der Waals surface area (Å²) in [4.78, 5) is 15.0. The summed E-state index contributed by atoms with van der Waals surface area (Å²) in [5.41, 5.74) is 3.28. The second-order valence-corrected chi connectivity index (χ2v) is 3.38. The van der Waals surface area contributed by atoms with Crippen LogP contribution in [0.3, 0.4) is 0 Å². The summed E-state index contributed by atoms with van der Waals surface area (Å²) in [7, 11) is 0. The van der Waals surface area contributed by atoms with Crippen LogP contribution in [0.1, 0.15) is 16.1 Å². The van der Waals surface area contributed by atoms with Gasteiger partial charge in [0.25, 0.3) is 0 Å². The summed E-state index contributed by atoms with van der Waals surface area (Å²) in [5, 5.41) is 0. The molecule has 1 aromatic heterocycles. The van der Waals surface area contributed by atoms with E-state index in [1.807, 2.05) is 49.4 Å². The molecule has 2 rings (SSSR count). The quantitative estimate of drug-likeness (QED) is 0.693. The summed E-state index contributed by atoms with van der Waals surface area (Å²) in [6.07, 6.45) is 0.793. The Morgan fingerprint density at radius 2 is 1.80 bits per heavy atom. The van der Waals surface area contributed by atoms with Crippen molar-refractivity contribution in [2.24, 2.45) is 0 Å². The van der Waals surface area contributed by atoms with Gasteiger partial charge in [-0.15, -0.1) is 0 Å². The summed E-state index contributed by atoms with van der Waals surface area (Å²) in [6, 6.07) is 13.7. The van der Waals surface area contributed by atoms with Gasteiger partial charge in [0.2, 0.25) is 0 Å². The molecule has 0 spiro atoms. The van der Waals surface area contributed by atoms with E-state index in [4.69, 9.17) is 0 Å². The number of hydrogen-bond acceptors (Lipinski definition) is 2. The van der Waals surface area contributed by atoms with Crippen LogP contribution in [0.25, 0.3) is 11.3 Å². The van der Waals surface area contributed by atoms with Crippen molar-refractivity contribution in [1.82, 2.24) is 4.98 Å². The topological polar surface area (TPSA) is 30.0 Å². The van der Waals surface area contributed by atoms with Crippen molar-refractivity contribution < 1.29 is 4.79 Å². The average molecular weight is 197 g/mol. The van der Waals surface area contributed by atoms with E-state index in [0.29, 0.717) is 5.69 Å². The molecule has 2 nitrogen and oxygen atoms in total. The van der Waals surface area contributed by atoms with Gasteiger partial charge in [0.05, 0.1) is 5.69 Å². The van der Waals surface area contributed by atoms with Gasteiger partial charge in [0.15, 0.2) is 6.29 Å². The Morgan fingerprint density at radius 3 is 2.47 bits per heavy atom. The highest BCUT2D eigenvalue weighted by Gasteiger charge is 2.02. The van der Waals surface area contributed by atoms with Crippen molar-refractivity contribution in [2.75, 3.05) is 0 Å². The number of carbonyl (C=O) groups excluding carboxylic acids is 1. The smallest absolute Gasteiger partial charge is 0.168 e. The molecular weight excluding hydrogens is 186 g/mol. The van der Waals surface area contributed by atoms with Crippen LogP contribution in [0.2, 0.25) is 0 Å². The van der Waals surface area contributed by atoms with Crippen LogP contribution in [0, 0.1) is 6.92 Å². The number of rotatable bonds is 2. The molecule has 0 radical (unpaired) electrons. The molecule has 0 atom stereocenters. The summed E-state index contributed by atoms with van der Waals surface area (Å²) < 4.78 is 0. The number of aldehydes is 1. The Bertz CT molecular complexity index is 477. The molecule has 0 saturated carbocycles. The van der Waals surface area contributed by atoms with Gasteiger partial charge in [-0.25, -0.2) is 4.98 Å². The first kappa shape index (κ1) is 9.59. The summed E-state index contributed by atoms with van der Waals surface area (Å²) >= 11 is 0. The zero-order valence-electron chi connectivity index (χ0n) is 8.47. The molecule has 0 bridgehead atoms. The van der Waals surface area contributed by atoms with Gasteiger partial charge < -0.3 is 0 Å². The van der Waals surface area contributed by atoms with E-state index in [0.717, 1.165) is 23.1 Å². The molecule has 1 aromatic carbocycles.